The van der Waals surface area contributed by atoms with Crippen molar-refractivity contribution < 1.29 is 18.9 Å². The minimum atomic E-state index is -4.29. The lowest BCUT2D eigenvalue weighted by Crippen LogP contribution is -2.40. The van der Waals surface area contributed by atoms with Crippen molar-refractivity contribution >= 4 is 21.6 Å². The van der Waals surface area contributed by atoms with Crippen molar-refractivity contribution in [3.8, 4) is 0 Å². The fourth-order valence-electron chi connectivity index (χ4n) is 1.00. The second kappa shape index (κ2) is 3.67. The van der Waals surface area contributed by atoms with E-state index < -0.39 is 11.7 Å². The summed E-state index contributed by atoms with van der Waals surface area (Å²) in [7, 11) is 0. The number of hydrogen-bond donors (Lipinski definition) is 1. The molecular weight excluding hydrogens is 247 g/mol. The molecule has 13 heavy (non-hydrogen) atoms. The Bertz CT molecular complexity index is 309. The number of rotatable bonds is 1. The fourth-order valence-corrected chi connectivity index (χ4v) is 1.49. The van der Waals surface area contributed by atoms with Gasteiger partial charge in [-0.2, -0.15) is 13.2 Å². The molecule has 72 valence electrons. The minimum Gasteiger partial charge on any atom is -0.325 e. The Hall–Kier alpha value is -0.550. The highest BCUT2D eigenvalue weighted by Crippen LogP contribution is 2.33. The lowest BCUT2D eigenvalue weighted by Gasteiger charge is -2.10. The molecule has 0 spiro atoms. The van der Waals surface area contributed by atoms with E-state index in [1.165, 1.54) is 6.07 Å². The average molecular weight is 255 g/mol. The van der Waals surface area contributed by atoms with Crippen LogP contribution in [-0.2, 0) is 11.5 Å². The van der Waals surface area contributed by atoms with Crippen molar-refractivity contribution in [1.29, 1.82) is 0 Å². The highest BCUT2D eigenvalue weighted by Gasteiger charge is 2.33. The Kier molecular flexibility index (Phi) is 2.98. The molecule has 0 aromatic heterocycles. The molecule has 1 rings (SSSR count). The Labute approximate surface area is 81.9 Å². The third kappa shape index (κ3) is 2.45. The first kappa shape index (κ1) is 10.5. The third-order valence-corrected chi connectivity index (χ3v) is 2.23. The van der Waals surface area contributed by atoms with Crippen LogP contribution in [0.5, 0.6) is 0 Å². The van der Waals surface area contributed by atoms with E-state index in [-0.39, 0.29) is 10.9 Å². The first-order valence-electron chi connectivity index (χ1n) is 3.53. The average Bonchev–Trinajstić information content (AvgIpc) is 2.03. The molecule has 0 heterocycles. The highest BCUT2D eigenvalue weighted by molar-refractivity contribution is 9.08. The summed E-state index contributed by atoms with van der Waals surface area (Å²) < 4.78 is 37.1. The van der Waals surface area contributed by atoms with E-state index in [0.29, 0.717) is 5.69 Å². The van der Waals surface area contributed by atoms with Crippen LogP contribution in [0.4, 0.5) is 18.9 Å². The molecule has 0 fully saturated rings. The summed E-state index contributed by atoms with van der Waals surface area (Å²) in [5, 5.41) is 0.197. The van der Waals surface area contributed by atoms with Gasteiger partial charge in [-0.1, -0.05) is 22.0 Å². The smallest absolute Gasteiger partial charge is 0.325 e. The molecule has 3 N–H and O–H groups in total. The molecule has 0 aliphatic carbocycles. The second-order valence-electron chi connectivity index (χ2n) is 2.62. The fraction of sp³-hybridized carbons (Fsp3) is 0.250. The Balaban J connectivity index is 3.24. The largest absolute Gasteiger partial charge is 0.416 e. The first-order chi connectivity index (χ1) is 5.95. The molecule has 5 heteroatoms. The van der Waals surface area contributed by atoms with Crippen LogP contribution in [0.1, 0.15) is 11.1 Å². The van der Waals surface area contributed by atoms with Gasteiger partial charge in [0.25, 0.3) is 0 Å². The maximum Gasteiger partial charge on any atom is 0.416 e. The monoisotopic (exact) mass is 254 g/mol. The Morgan fingerprint density at radius 2 is 1.92 bits per heavy atom. The lowest BCUT2D eigenvalue weighted by atomic mass is 10.1. The van der Waals surface area contributed by atoms with E-state index in [2.05, 4.69) is 21.7 Å². The molecule has 1 aromatic carbocycles. The van der Waals surface area contributed by atoms with Crippen molar-refractivity contribution in [2.75, 3.05) is 0 Å². The van der Waals surface area contributed by atoms with Gasteiger partial charge in [0.15, 0.2) is 0 Å². The standard InChI is InChI=1S/C8H7BrF3N/c9-4-5-1-2-6(13)3-7(5)8(10,11)12/h1-3H,4,13H2/p+1. The molecule has 1 aromatic rings. The van der Waals surface area contributed by atoms with Crippen LogP contribution in [0.15, 0.2) is 18.2 Å². The normalized spacial score (nSPS) is 11.8. The molecule has 0 atom stereocenters. The summed E-state index contributed by atoms with van der Waals surface area (Å²) in [6, 6.07) is 4.04. The van der Waals surface area contributed by atoms with E-state index in [0.717, 1.165) is 6.07 Å². The summed E-state index contributed by atoms with van der Waals surface area (Å²) in [5.41, 5.74) is 3.45. The van der Waals surface area contributed by atoms with Gasteiger partial charge < -0.3 is 5.73 Å². The van der Waals surface area contributed by atoms with E-state index in [9.17, 15) is 13.2 Å². The number of benzene rings is 1. The Morgan fingerprint density at radius 3 is 2.38 bits per heavy atom. The van der Waals surface area contributed by atoms with Crippen LogP contribution in [0.3, 0.4) is 0 Å². The summed E-state index contributed by atoms with van der Waals surface area (Å²) in [6.45, 7) is 0. The van der Waals surface area contributed by atoms with Gasteiger partial charge in [-0.15, -0.1) is 0 Å². The van der Waals surface area contributed by atoms with E-state index in [1.54, 1.807) is 6.07 Å². The van der Waals surface area contributed by atoms with E-state index in [1.807, 2.05) is 0 Å². The van der Waals surface area contributed by atoms with Gasteiger partial charge in [-0.25, -0.2) is 0 Å². The van der Waals surface area contributed by atoms with Crippen molar-refractivity contribution in [2.45, 2.75) is 11.5 Å². The molecule has 1 nitrogen and oxygen atoms in total. The summed E-state index contributed by atoms with van der Waals surface area (Å²) in [6.07, 6.45) is -4.29. The SMILES string of the molecule is [NH3+]c1ccc(CBr)c(C(F)(F)F)c1. The van der Waals surface area contributed by atoms with Crippen LogP contribution in [0.25, 0.3) is 0 Å². The highest BCUT2D eigenvalue weighted by atomic mass is 79.9. The van der Waals surface area contributed by atoms with Crippen molar-refractivity contribution in [2.24, 2.45) is 0 Å². The maximum atomic E-state index is 12.4. The molecule has 0 aliphatic heterocycles. The van der Waals surface area contributed by atoms with Gasteiger partial charge >= 0.3 is 6.18 Å². The van der Waals surface area contributed by atoms with Gasteiger partial charge in [0.2, 0.25) is 0 Å². The van der Waals surface area contributed by atoms with Crippen molar-refractivity contribution in [1.82, 2.24) is 0 Å². The summed E-state index contributed by atoms with van der Waals surface area (Å²) >= 11 is 3.00. The second-order valence-corrected chi connectivity index (χ2v) is 3.18. The van der Waals surface area contributed by atoms with Crippen molar-refractivity contribution in [3.05, 3.63) is 29.3 Å². The van der Waals surface area contributed by atoms with Crippen LogP contribution in [0, 0.1) is 0 Å². The number of halogens is 4. The molecular formula is C8H8BrF3N+. The quantitative estimate of drug-likeness (QED) is 0.746. The number of hydrogen-bond acceptors (Lipinski definition) is 0. The Morgan fingerprint density at radius 1 is 1.31 bits per heavy atom. The maximum absolute atomic E-state index is 12.4. The molecule has 0 bridgehead atoms. The van der Waals surface area contributed by atoms with Gasteiger partial charge in [-0.05, 0) is 11.6 Å². The summed E-state index contributed by atoms with van der Waals surface area (Å²) in [4.78, 5) is 0. The number of alkyl halides is 4. The van der Waals surface area contributed by atoms with Gasteiger partial charge in [-0.3, -0.25) is 0 Å². The minimum absolute atomic E-state index is 0.197. The third-order valence-electron chi connectivity index (χ3n) is 1.62. The summed E-state index contributed by atoms with van der Waals surface area (Å²) in [5.74, 6) is 0. The molecule has 0 unspecified atom stereocenters. The van der Waals surface area contributed by atoms with Gasteiger partial charge in [0.1, 0.15) is 5.69 Å². The van der Waals surface area contributed by atoms with Crippen LogP contribution < -0.4 is 5.73 Å². The van der Waals surface area contributed by atoms with Crippen LogP contribution in [0.2, 0.25) is 0 Å². The van der Waals surface area contributed by atoms with Gasteiger partial charge in [0.05, 0.1) is 5.56 Å². The predicted octanol–water partition coefficient (Wildman–Crippen LogP) is 2.47. The lowest BCUT2D eigenvalue weighted by molar-refractivity contribution is -0.255. The van der Waals surface area contributed by atoms with Crippen molar-refractivity contribution in [3.63, 3.8) is 0 Å². The van der Waals surface area contributed by atoms with E-state index >= 15 is 0 Å². The first-order valence-corrected chi connectivity index (χ1v) is 4.65. The topological polar surface area (TPSA) is 27.6 Å². The van der Waals surface area contributed by atoms with Gasteiger partial charge in [0, 0.05) is 11.4 Å². The predicted molar refractivity (Wildman–Crippen MR) is 46.6 cm³/mol. The molecule has 0 saturated carbocycles. The van der Waals surface area contributed by atoms with E-state index in [4.69, 9.17) is 0 Å². The molecule has 0 radical (unpaired) electrons. The molecule has 0 amide bonds. The molecule has 0 aliphatic rings. The van der Waals surface area contributed by atoms with Crippen LogP contribution >= 0.6 is 15.9 Å². The zero-order valence-electron chi connectivity index (χ0n) is 6.66. The molecule has 0 saturated heterocycles. The van der Waals surface area contributed by atoms with Crippen LogP contribution in [-0.4, -0.2) is 0 Å². The number of quaternary nitrogens is 1. The zero-order valence-corrected chi connectivity index (χ0v) is 8.24. The zero-order chi connectivity index (χ0) is 10.1.